The molecule has 6 heteroatoms. The van der Waals surface area contributed by atoms with E-state index in [1.165, 1.54) is 12.1 Å². The number of benzene rings is 1. The van der Waals surface area contributed by atoms with Gasteiger partial charge in [-0.25, -0.2) is 14.0 Å². The minimum absolute atomic E-state index is 0.0511. The zero-order chi connectivity index (χ0) is 13.7. The molecule has 18 heavy (non-hydrogen) atoms. The molecule has 2 amide bonds. The van der Waals surface area contributed by atoms with E-state index in [1.54, 1.807) is 19.9 Å². The van der Waals surface area contributed by atoms with Crippen molar-refractivity contribution in [1.29, 1.82) is 0 Å². The van der Waals surface area contributed by atoms with E-state index in [4.69, 9.17) is 5.11 Å². The van der Waals surface area contributed by atoms with E-state index in [0.717, 1.165) is 0 Å². The minimum atomic E-state index is -1.13. The molecule has 0 aliphatic carbocycles. The smallest absolute Gasteiger partial charge is 0.326 e. The molecule has 0 bridgehead atoms. The molecule has 0 aliphatic heterocycles. The van der Waals surface area contributed by atoms with E-state index in [0.29, 0.717) is 5.56 Å². The predicted octanol–water partition coefficient (Wildman–Crippen LogP) is 2.12. The van der Waals surface area contributed by atoms with Crippen LogP contribution in [0, 0.1) is 12.7 Å². The highest BCUT2D eigenvalue weighted by Crippen LogP contribution is 2.18. The lowest BCUT2D eigenvalue weighted by Gasteiger charge is -2.14. The number of nitrogens with one attached hydrogen (secondary N) is 2. The van der Waals surface area contributed by atoms with Crippen molar-refractivity contribution in [3.63, 3.8) is 0 Å². The first-order valence-electron chi connectivity index (χ1n) is 5.51. The highest BCUT2D eigenvalue weighted by Gasteiger charge is 2.18. The van der Waals surface area contributed by atoms with Crippen molar-refractivity contribution in [3.05, 3.63) is 29.6 Å². The Morgan fingerprint density at radius 1 is 1.44 bits per heavy atom. The maximum absolute atomic E-state index is 13.4. The average molecular weight is 254 g/mol. The van der Waals surface area contributed by atoms with Crippen LogP contribution in [-0.4, -0.2) is 23.1 Å². The Hall–Kier alpha value is -2.11. The van der Waals surface area contributed by atoms with Crippen molar-refractivity contribution >= 4 is 17.7 Å². The fourth-order valence-corrected chi connectivity index (χ4v) is 1.44. The summed E-state index contributed by atoms with van der Waals surface area (Å²) in [6, 6.07) is 2.67. The van der Waals surface area contributed by atoms with E-state index in [1.807, 2.05) is 0 Å². The minimum Gasteiger partial charge on any atom is -0.480 e. The highest BCUT2D eigenvalue weighted by molar-refractivity contribution is 5.92. The maximum atomic E-state index is 13.4. The Kier molecular flexibility index (Phi) is 4.65. The molecule has 5 nitrogen and oxygen atoms in total. The third kappa shape index (κ3) is 3.44. The number of carboxylic acids is 1. The number of hydrogen-bond donors (Lipinski definition) is 3. The Morgan fingerprint density at radius 2 is 2.11 bits per heavy atom. The van der Waals surface area contributed by atoms with Gasteiger partial charge in [0.1, 0.15) is 11.9 Å². The van der Waals surface area contributed by atoms with Crippen LogP contribution in [-0.2, 0) is 4.79 Å². The number of aryl methyl sites for hydroxylation is 1. The van der Waals surface area contributed by atoms with Crippen LogP contribution >= 0.6 is 0 Å². The zero-order valence-electron chi connectivity index (χ0n) is 10.2. The number of aliphatic carboxylic acids is 1. The molecule has 1 rings (SSSR count). The van der Waals surface area contributed by atoms with Crippen LogP contribution in [0.2, 0.25) is 0 Å². The lowest BCUT2D eigenvalue weighted by Crippen LogP contribution is -2.42. The SMILES string of the molecule is CC[C@H](NC(=O)Nc1c(C)cccc1F)C(=O)O. The molecule has 1 aromatic rings. The molecular weight excluding hydrogens is 239 g/mol. The number of anilines is 1. The van der Waals surface area contributed by atoms with E-state index < -0.39 is 23.9 Å². The molecule has 1 aromatic carbocycles. The Balaban J connectivity index is 2.73. The number of carbonyl (C=O) groups excluding carboxylic acids is 1. The van der Waals surface area contributed by atoms with Gasteiger partial charge in [-0.2, -0.15) is 0 Å². The van der Waals surface area contributed by atoms with Crippen LogP contribution < -0.4 is 10.6 Å². The number of halogens is 1. The standard InChI is InChI=1S/C12H15FN2O3/c1-3-9(11(16)17)14-12(18)15-10-7(2)5-4-6-8(10)13/h4-6,9H,3H2,1-2H3,(H,16,17)(H2,14,15,18)/t9-/m0/s1. The molecule has 0 unspecified atom stereocenters. The molecule has 98 valence electrons. The van der Waals surface area contributed by atoms with Gasteiger partial charge in [0.25, 0.3) is 0 Å². The molecule has 0 aromatic heterocycles. The quantitative estimate of drug-likeness (QED) is 0.770. The summed E-state index contributed by atoms with van der Waals surface area (Å²) in [6.45, 7) is 3.28. The van der Waals surface area contributed by atoms with E-state index in [9.17, 15) is 14.0 Å². The van der Waals surface area contributed by atoms with Gasteiger partial charge < -0.3 is 15.7 Å². The molecule has 3 N–H and O–H groups in total. The van der Waals surface area contributed by atoms with Crippen LogP contribution in [0.25, 0.3) is 0 Å². The second kappa shape index (κ2) is 6.00. The number of carbonyl (C=O) groups is 2. The molecule has 0 fully saturated rings. The van der Waals surface area contributed by atoms with Crippen molar-refractivity contribution in [1.82, 2.24) is 5.32 Å². The van der Waals surface area contributed by atoms with Crippen molar-refractivity contribution in [2.24, 2.45) is 0 Å². The average Bonchev–Trinajstić information content (AvgIpc) is 2.30. The molecular formula is C12H15FN2O3. The number of rotatable bonds is 4. The summed E-state index contributed by atoms with van der Waals surface area (Å²) in [5.41, 5.74) is 0.615. The second-order valence-corrected chi connectivity index (χ2v) is 3.83. The lowest BCUT2D eigenvalue weighted by molar-refractivity contribution is -0.139. The molecule has 0 saturated carbocycles. The van der Waals surface area contributed by atoms with Crippen molar-refractivity contribution in [2.45, 2.75) is 26.3 Å². The molecule has 0 aliphatic rings. The first kappa shape index (κ1) is 14.0. The predicted molar refractivity (Wildman–Crippen MR) is 65.0 cm³/mol. The Labute approximate surface area is 104 Å². The number of hydrogen-bond acceptors (Lipinski definition) is 2. The summed E-state index contributed by atoms with van der Waals surface area (Å²) in [5, 5.41) is 13.3. The fraction of sp³-hybridized carbons (Fsp3) is 0.333. The van der Waals surface area contributed by atoms with Gasteiger partial charge in [0, 0.05) is 0 Å². The summed E-state index contributed by atoms with van der Waals surface area (Å²) >= 11 is 0. The van der Waals surface area contributed by atoms with E-state index in [2.05, 4.69) is 10.6 Å². The maximum Gasteiger partial charge on any atom is 0.326 e. The third-order valence-corrected chi connectivity index (χ3v) is 2.47. The molecule has 0 radical (unpaired) electrons. The van der Waals surface area contributed by atoms with E-state index in [-0.39, 0.29) is 12.1 Å². The summed E-state index contributed by atoms with van der Waals surface area (Å²) in [6.07, 6.45) is 0.249. The van der Waals surface area contributed by atoms with Crippen molar-refractivity contribution in [3.8, 4) is 0 Å². The van der Waals surface area contributed by atoms with Crippen LogP contribution in [0.1, 0.15) is 18.9 Å². The summed E-state index contributed by atoms with van der Waals surface area (Å²) in [5.74, 6) is -1.69. The third-order valence-electron chi connectivity index (χ3n) is 2.47. The van der Waals surface area contributed by atoms with Crippen LogP contribution in [0.4, 0.5) is 14.9 Å². The molecule has 0 spiro atoms. The van der Waals surface area contributed by atoms with Gasteiger partial charge in [-0.05, 0) is 25.0 Å². The largest absolute Gasteiger partial charge is 0.480 e. The van der Waals surface area contributed by atoms with Gasteiger partial charge >= 0.3 is 12.0 Å². The van der Waals surface area contributed by atoms with Gasteiger partial charge in [0.05, 0.1) is 5.69 Å². The van der Waals surface area contributed by atoms with Crippen molar-refractivity contribution in [2.75, 3.05) is 5.32 Å². The molecule has 0 heterocycles. The summed E-state index contributed by atoms with van der Waals surface area (Å²) in [7, 11) is 0. The normalized spacial score (nSPS) is 11.7. The monoisotopic (exact) mass is 254 g/mol. The lowest BCUT2D eigenvalue weighted by atomic mass is 10.2. The van der Waals surface area contributed by atoms with Crippen LogP contribution in [0.15, 0.2) is 18.2 Å². The topological polar surface area (TPSA) is 78.4 Å². The van der Waals surface area contributed by atoms with E-state index >= 15 is 0 Å². The van der Waals surface area contributed by atoms with Crippen molar-refractivity contribution < 1.29 is 19.1 Å². The molecule has 1 atom stereocenters. The summed E-state index contributed by atoms with van der Waals surface area (Å²) < 4.78 is 13.4. The number of urea groups is 1. The highest BCUT2D eigenvalue weighted by atomic mass is 19.1. The van der Waals surface area contributed by atoms with Gasteiger partial charge in [-0.3, -0.25) is 0 Å². The van der Waals surface area contributed by atoms with Crippen LogP contribution in [0.3, 0.4) is 0 Å². The van der Waals surface area contributed by atoms with Gasteiger partial charge in [-0.1, -0.05) is 19.1 Å². The first-order chi connectivity index (χ1) is 8.45. The Morgan fingerprint density at radius 3 is 2.61 bits per heavy atom. The number of para-hydroxylation sites is 1. The van der Waals surface area contributed by atoms with Gasteiger partial charge in [0.15, 0.2) is 0 Å². The second-order valence-electron chi connectivity index (χ2n) is 3.83. The van der Waals surface area contributed by atoms with Crippen LogP contribution in [0.5, 0.6) is 0 Å². The first-order valence-corrected chi connectivity index (χ1v) is 5.51. The number of amides is 2. The number of carboxylic acid groups (broad SMARTS) is 1. The van der Waals surface area contributed by atoms with Gasteiger partial charge in [-0.15, -0.1) is 0 Å². The fourth-order valence-electron chi connectivity index (χ4n) is 1.44. The van der Waals surface area contributed by atoms with Gasteiger partial charge in [0.2, 0.25) is 0 Å². The Bertz CT molecular complexity index is 442. The summed E-state index contributed by atoms with van der Waals surface area (Å²) in [4.78, 5) is 22.3. The molecule has 0 saturated heterocycles. The zero-order valence-corrected chi connectivity index (χ0v) is 10.2.